The van der Waals surface area contributed by atoms with Crippen molar-refractivity contribution in [1.82, 2.24) is 5.32 Å². The van der Waals surface area contributed by atoms with Gasteiger partial charge in [0.2, 0.25) is 0 Å². The Morgan fingerprint density at radius 3 is 2.24 bits per heavy atom. The molecular weight excluding hydrogens is 262 g/mol. The van der Waals surface area contributed by atoms with Crippen molar-refractivity contribution >= 4 is 0 Å². The molecule has 0 spiro atoms. The molecule has 3 heteroatoms. The molecule has 0 bridgehead atoms. The lowest BCUT2D eigenvalue weighted by Crippen LogP contribution is -2.18. The molecule has 0 saturated carbocycles. The first kappa shape index (κ1) is 15.4. The quantitative estimate of drug-likeness (QED) is 0.910. The highest BCUT2D eigenvalue weighted by Crippen LogP contribution is 2.33. The molecule has 21 heavy (non-hydrogen) atoms. The molecule has 0 aliphatic carbocycles. The van der Waals surface area contributed by atoms with Crippen molar-refractivity contribution in [3.63, 3.8) is 0 Å². The van der Waals surface area contributed by atoms with E-state index in [0.717, 1.165) is 17.1 Å². The van der Waals surface area contributed by atoms with E-state index in [1.807, 2.05) is 25.2 Å². The summed E-state index contributed by atoms with van der Waals surface area (Å²) >= 11 is 0. The second-order valence-corrected chi connectivity index (χ2v) is 5.17. The molecule has 1 atom stereocenters. The van der Waals surface area contributed by atoms with Crippen LogP contribution in [0.2, 0.25) is 0 Å². The van der Waals surface area contributed by atoms with Gasteiger partial charge in [0, 0.05) is 11.6 Å². The maximum absolute atomic E-state index is 5.53. The van der Waals surface area contributed by atoms with Gasteiger partial charge in [-0.2, -0.15) is 0 Å². The molecule has 0 aromatic heterocycles. The van der Waals surface area contributed by atoms with Crippen molar-refractivity contribution < 1.29 is 9.47 Å². The molecule has 2 rings (SSSR count). The third-order valence-corrected chi connectivity index (χ3v) is 3.90. The summed E-state index contributed by atoms with van der Waals surface area (Å²) in [4.78, 5) is 0. The molecule has 2 aromatic carbocycles. The summed E-state index contributed by atoms with van der Waals surface area (Å²) in [5.41, 5.74) is 4.92. The van der Waals surface area contributed by atoms with Gasteiger partial charge in [-0.3, -0.25) is 0 Å². The lowest BCUT2D eigenvalue weighted by molar-refractivity contribution is 0.388. The molecule has 0 fully saturated rings. The number of benzene rings is 2. The van der Waals surface area contributed by atoms with Gasteiger partial charge in [0.25, 0.3) is 0 Å². The Labute approximate surface area is 126 Å². The first-order valence-corrected chi connectivity index (χ1v) is 7.07. The number of aryl methyl sites for hydroxylation is 2. The molecule has 3 nitrogen and oxygen atoms in total. The normalized spacial score (nSPS) is 12.0. The minimum Gasteiger partial charge on any atom is -0.497 e. The Morgan fingerprint density at radius 1 is 0.905 bits per heavy atom. The van der Waals surface area contributed by atoms with E-state index < -0.39 is 0 Å². The van der Waals surface area contributed by atoms with E-state index in [0.29, 0.717) is 0 Å². The Balaban J connectivity index is 2.47. The Hall–Kier alpha value is -2.00. The summed E-state index contributed by atoms with van der Waals surface area (Å²) in [5, 5.41) is 3.37. The molecule has 0 saturated heterocycles. The summed E-state index contributed by atoms with van der Waals surface area (Å²) in [6, 6.07) is 12.6. The van der Waals surface area contributed by atoms with Gasteiger partial charge >= 0.3 is 0 Å². The highest BCUT2D eigenvalue weighted by Gasteiger charge is 2.17. The summed E-state index contributed by atoms with van der Waals surface area (Å²) in [6.45, 7) is 4.26. The molecular formula is C18H23NO2. The van der Waals surface area contributed by atoms with E-state index >= 15 is 0 Å². The zero-order valence-electron chi connectivity index (χ0n) is 13.4. The number of ether oxygens (including phenoxy) is 2. The predicted molar refractivity (Wildman–Crippen MR) is 86.4 cm³/mol. The van der Waals surface area contributed by atoms with Gasteiger partial charge in [-0.15, -0.1) is 0 Å². The van der Waals surface area contributed by atoms with Crippen LogP contribution >= 0.6 is 0 Å². The number of rotatable bonds is 5. The van der Waals surface area contributed by atoms with Crippen molar-refractivity contribution in [2.45, 2.75) is 19.9 Å². The highest BCUT2D eigenvalue weighted by molar-refractivity contribution is 5.47. The minimum atomic E-state index is 0.0881. The van der Waals surface area contributed by atoms with Gasteiger partial charge in [-0.05, 0) is 49.7 Å². The Bertz CT molecular complexity index is 623. The molecule has 1 unspecified atom stereocenters. The van der Waals surface area contributed by atoms with Crippen LogP contribution in [0.4, 0.5) is 0 Å². The first-order valence-electron chi connectivity index (χ1n) is 7.07. The maximum atomic E-state index is 5.53. The smallest absolute Gasteiger partial charge is 0.127 e. The average Bonchev–Trinajstić information content (AvgIpc) is 2.51. The Morgan fingerprint density at radius 2 is 1.67 bits per heavy atom. The van der Waals surface area contributed by atoms with Crippen LogP contribution in [0.1, 0.15) is 28.3 Å². The number of nitrogens with one attached hydrogen (secondary N) is 1. The van der Waals surface area contributed by atoms with Crippen molar-refractivity contribution in [2.75, 3.05) is 21.3 Å². The molecule has 2 aromatic rings. The summed E-state index contributed by atoms with van der Waals surface area (Å²) < 4.78 is 10.8. The van der Waals surface area contributed by atoms with Crippen molar-refractivity contribution in [2.24, 2.45) is 0 Å². The van der Waals surface area contributed by atoms with E-state index in [4.69, 9.17) is 9.47 Å². The van der Waals surface area contributed by atoms with Crippen LogP contribution in [0, 0.1) is 13.8 Å². The Kier molecular flexibility index (Phi) is 4.86. The predicted octanol–water partition coefficient (Wildman–Crippen LogP) is 3.63. The average molecular weight is 285 g/mol. The number of hydrogen-bond acceptors (Lipinski definition) is 3. The van der Waals surface area contributed by atoms with Gasteiger partial charge in [0.05, 0.1) is 20.3 Å². The highest BCUT2D eigenvalue weighted by atomic mass is 16.5. The van der Waals surface area contributed by atoms with E-state index in [1.165, 1.54) is 16.7 Å². The van der Waals surface area contributed by atoms with E-state index in [-0.39, 0.29) is 6.04 Å². The molecule has 0 amide bonds. The zero-order valence-corrected chi connectivity index (χ0v) is 13.4. The molecule has 0 aliphatic rings. The second kappa shape index (κ2) is 6.64. The van der Waals surface area contributed by atoms with E-state index in [9.17, 15) is 0 Å². The second-order valence-electron chi connectivity index (χ2n) is 5.17. The van der Waals surface area contributed by atoms with Crippen molar-refractivity contribution in [3.05, 3.63) is 58.7 Å². The van der Waals surface area contributed by atoms with Crippen LogP contribution in [-0.2, 0) is 0 Å². The lowest BCUT2D eigenvalue weighted by Gasteiger charge is -2.21. The van der Waals surface area contributed by atoms with Crippen molar-refractivity contribution in [1.29, 1.82) is 0 Å². The van der Waals surface area contributed by atoms with Crippen LogP contribution in [0.25, 0.3) is 0 Å². The molecule has 1 N–H and O–H groups in total. The third kappa shape index (κ3) is 3.19. The fraction of sp³-hybridized carbons (Fsp3) is 0.333. The van der Waals surface area contributed by atoms with Gasteiger partial charge in [0.15, 0.2) is 0 Å². The molecule has 0 aliphatic heterocycles. The lowest BCUT2D eigenvalue weighted by atomic mass is 9.95. The van der Waals surface area contributed by atoms with Crippen LogP contribution in [0.5, 0.6) is 11.5 Å². The molecule has 0 heterocycles. The van der Waals surface area contributed by atoms with Crippen LogP contribution in [0.15, 0.2) is 36.4 Å². The van der Waals surface area contributed by atoms with Crippen LogP contribution in [0.3, 0.4) is 0 Å². The van der Waals surface area contributed by atoms with Crippen LogP contribution in [-0.4, -0.2) is 21.3 Å². The van der Waals surface area contributed by atoms with Gasteiger partial charge in [0.1, 0.15) is 11.5 Å². The fourth-order valence-electron chi connectivity index (χ4n) is 2.50. The molecule has 0 radical (unpaired) electrons. The summed E-state index contributed by atoms with van der Waals surface area (Å²) in [5.74, 6) is 1.62. The van der Waals surface area contributed by atoms with Crippen LogP contribution < -0.4 is 14.8 Å². The third-order valence-electron chi connectivity index (χ3n) is 3.90. The standard InChI is InChI=1S/C18H23NO2/c1-12-6-7-14(10-13(12)2)18(19-3)16-9-8-15(20-4)11-17(16)21-5/h6-11,18-19H,1-5H3. The van der Waals surface area contributed by atoms with E-state index in [2.05, 4.69) is 37.4 Å². The summed E-state index contributed by atoms with van der Waals surface area (Å²) in [6.07, 6.45) is 0. The largest absolute Gasteiger partial charge is 0.497 e. The summed E-state index contributed by atoms with van der Waals surface area (Å²) in [7, 11) is 5.31. The number of hydrogen-bond donors (Lipinski definition) is 1. The van der Waals surface area contributed by atoms with Gasteiger partial charge in [-0.1, -0.05) is 18.2 Å². The minimum absolute atomic E-state index is 0.0881. The zero-order chi connectivity index (χ0) is 15.4. The number of methoxy groups -OCH3 is 2. The topological polar surface area (TPSA) is 30.5 Å². The van der Waals surface area contributed by atoms with E-state index in [1.54, 1.807) is 14.2 Å². The van der Waals surface area contributed by atoms with Gasteiger partial charge in [-0.25, -0.2) is 0 Å². The molecule has 112 valence electrons. The van der Waals surface area contributed by atoms with Crippen molar-refractivity contribution in [3.8, 4) is 11.5 Å². The van der Waals surface area contributed by atoms with Gasteiger partial charge < -0.3 is 14.8 Å². The monoisotopic (exact) mass is 285 g/mol. The fourth-order valence-corrected chi connectivity index (χ4v) is 2.50. The first-order chi connectivity index (χ1) is 10.1. The SMILES string of the molecule is CNC(c1ccc(C)c(C)c1)c1ccc(OC)cc1OC. The maximum Gasteiger partial charge on any atom is 0.127 e.